The van der Waals surface area contributed by atoms with Gasteiger partial charge in [0, 0.05) is 37.8 Å². The summed E-state index contributed by atoms with van der Waals surface area (Å²) in [6.07, 6.45) is -0.193. The molecule has 3 aromatic heterocycles. The predicted octanol–water partition coefficient (Wildman–Crippen LogP) is 2.57. The molecule has 1 amide bonds. The Balaban J connectivity index is 1.73. The molecule has 2 N–H and O–H groups in total. The largest absolute Gasteiger partial charge is 0.449 e. The lowest BCUT2D eigenvalue weighted by Gasteiger charge is -2.08. The zero-order valence-electron chi connectivity index (χ0n) is 16.0. The van der Waals surface area contributed by atoms with E-state index in [4.69, 9.17) is 0 Å². The zero-order chi connectivity index (χ0) is 21.5. The maximum atomic E-state index is 12.9. The fraction of sp³-hybridized carbons (Fsp3) is 0.316. The molecule has 3 heterocycles. The first-order chi connectivity index (χ1) is 14.3. The minimum Gasteiger partial charge on any atom is -0.371 e. The molecular weight excluding hydrogens is 399 g/mol. The maximum Gasteiger partial charge on any atom is 0.449 e. The Morgan fingerprint density at radius 3 is 2.67 bits per heavy atom. The van der Waals surface area contributed by atoms with Gasteiger partial charge in [-0.15, -0.1) is 10.2 Å². The Morgan fingerprint density at radius 1 is 1.27 bits per heavy atom. The number of aryl methyl sites for hydroxylation is 1. The number of amides is 1. The highest BCUT2D eigenvalue weighted by molar-refractivity contribution is 5.97. The molecule has 0 bridgehead atoms. The van der Waals surface area contributed by atoms with Crippen molar-refractivity contribution in [3.63, 3.8) is 0 Å². The lowest BCUT2D eigenvalue weighted by Crippen LogP contribution is -2.15. The van der Waals surface area contributed by atoms with E-state index in [-0.39, 0.29) is 23.3 Å². The van der Waals surface area contributed by atoms with Crippen molar-refractivity contribution in [2.24, 2.45) is 13.0 Å². The molecule has 0 saturated heterocycles. The van der Waals surface area contributed by atoms with Gasteiger partial charge < -0.3 is 15.2 Å². The molecule has 8 nitrogen and oxygen atoms in total. The van der Waals surface area contributed by atoms with Gasteiger partial charge in [-0.1, -0.05) is 5.92 Å². The van der Waals surface area contributed by atoms with E-state index >= 15 is 0 Å². The Kier molecular flexibility index (Phi) is 4.77. The van der Waals surface area contributed by atoms with Crippen molar-refractivity contribution in [3.8, 4) is 11.8 Å². The summed E-state index contributed by atoms with van der Waals surface area (Å²) in [6, 6.07) is 1.62. The highest BCUT2D eigenvalue weighted by Crippen LogP contribution is 2.31. The number of halogens is 3. The van der Waals surface area contributed by atoms with Gasteiger partial charge in [0.05, 0.1) is 5.56 Å². The first kappa shape index (κ1) is 19.6. The number of carbonyl (C=O) groups excluding carboxylic acids is 1. The van der Waals surface area contributed by atoms with E-state index in [0.717, 1.165) is 17.4 Å². The number of fused-ring (bicyclic) bond motifs is 1. The molecular formula is C19H16F3N7O. The van der Waals surface area contributed by atoms with Gasteiger partial charge >= 0.3 is 6.18 Å². The second-order valence-corrected chi connectivity index (χ2v) is 6.83. The van der Waals surface area contributed by atoms with Gasteiger partial charge in [-0.3, -0.25) is 4.79 Å². The van der Waals surface area contributed by atoms with Gasteiger partial charge in [-0.2, -0.15) is 13.2 Å². The standard InChI is InChI=1S/C19H16F3N7O/c1-23-16-15-13(7-14(27-28-15)26-17(30)10-3-4-10)11(8-24-16)5-6-12-9-29(2)18(25-12)19(20,21)22/h7-10H,3-4H2,1-2H3,(H,23,24)(H,26,27,30). The second kappa shape index (κ2) is 7.29. The van der Waals surface area contributed by atoms with Crippen LogP contribution in [-0.2, 0) is 18.0 Å². The Bertz CT molecular complexity index is 1200. The highest BCUT2D eigenvalue weighted by atomic mass is 19.4. The van der Waals surface area contributed by atoms with E-state index in [1.165, 1.54) is 19.4 Å². The second-order valence-electron chi connectivity index (χ2n) is 6.83. The molecule has 0 unspecified atom stereocenters. The minimum absolute atomic E-state index is 0.000878. The van der Waals surface area contributed by atoms with Gasteiger partial charge in [-0.25, -0.2) is 9.97 Å². The van der Waals surface area contributed by atoms with Crippen LogP contribution in [0.1, 0.15) is 29.9 Å². The number of carbonyl (C=O) groups is 1. The van der Waals surface area contributed by atoms with Crippen LogP contribution in [0, 0.1) is 17.8 Å². The summed E-state index contributed by atoms with van der Waals surface area (Å²) >= 11 is 0. The molecule has 1 saturated carbocycles. The van der Waals surface area contributed by atoms with Crippen molar-refractivity contribution in [3.05, 3.63) is 35.5 Å². The van der Waals surface area contributed by atoms with Gasteiger partial charge in [0.15, 0.2) is 11.6 Å². The third-order valence-corrected chi connectivity index (χ3v) is 4.52. The normalized spacial score (nSPS) is 13.6. The summed E-state index contributed by atoms with van der Waals surface area (Å²) in [5.74, 6) is 5.01. The summed E-state index contributed by atoms with van der Waals surface area (Å²) < 4.78 is 39.7. The number of alkyl halides is 3. The summed E-state index contributed by atoms with van der Waals surface area (Å²) in [4.78, 5) is 19.8. The van der Waals surface area contributed by atoms with Crippen LogP contribution in [0.2, 0.25) is 0 Å². The minimum atomic E-state index is -4.57. The van der Waals surface area contributed by atoms with Crippen molar-refractivity contribution < 1.29 is 18.0 Å². The number of pyridine rings is 1. The van der Waals surface area contributed by atoms with Crippen LogP contribution in [0.25, 0.3) is 10.9 Å². The Labute approximate surface area is 168 Å². The molecule has 0 radical (unpaired) electrons. The van der Waals surface area contributed by atoms with Crippen LogP contribution < -0.4 is 10.6 Å². The van der Waals surface area contributed by atoms with Crippen LogP contribution in [0.4, 0.5) is 24.8 Å². The number of anilines is 2. The number of nitrogens with zero attached hydrogens (tertiary/aromatic N) is 5. The third-order valence-electron chi connectivity index (χ3n) is 4.52. The van der Waals surface area contributed by atoms with Crippen LogP contribution >= 0.6 is 0 Å². The van der Waals surface area contributed by atoms with E-state index in [0.29, 0.717) is 22.3 Å². The van der Waals surface area contributed by atoms with Crippen molar-refractivity contribution >= 4 is 28.4 Å². The lowest BCUT2D eigenvalue weighted by atomic mass is 10.1. The van der Waals surface area contributed by atoms with Crippen LogP contribution in [0.15, 0.2) is 18.5 Å². The molecule has 0 atom stereocenters. The summed E-state index contributed by atoms with van der Waals surface area (Å²) in [5, 5.41) is 14.3. The lowest BCUT2D eigenvalue weighted by molar-refractivity contribution is -0.146. The van der Waals surface area contributed by atoms with Crippen molar-refractivity contribution in [1.29, 1.82) is 0 Å². The highest BCUT2D eigenvalue weighted by Gasteiger charge is 2.36. The molecule has 1 aliphatic rings. The monoisotopic (exact) mass is 415 g/mol. The number of hydrogen-bond acceptors (Lipinski definition) is 6. The number of hydrogen-bond donors (Lipinski definition) is 2. The predicted molar refractivity (Wildman–Crippen MR) is 102 cm³/mol. The molecule has 0 spiro atoms. The smallest absolute Gasteiger partial charge is 0.371 e. The molecule has 1 fully saturated rings. The summed E-state index contributed by atoms with van der Waals surface area (Å²) in [7, 11) is 2.92. The Hall–Kier alpha value is -3.68. The van der Waals surface area contributed by atoms with Crippen LogP contribution in [-0.4, -0.2) is 37.7 Å². The summed E-state index contributed by atoms with van der Waals surface area (Å²) in [6.45, 7) is 0. The molecule has 11 heteroatoms. The average molecular weight is 415 g/mol. The molecule has 0 aliphatic heterocycles. The van der Waals surface area contributed by atoms with Gasteiger partial charge in [-0.05, 0) is 24.8 Å². The maximum absolute atomic E-state index is 12.9. The molecule has 4 rings (SSSR count). The number of nitrogens with one attached hydrogen (secondary N) is 2. The SMILES string of the molecule is CNc1ncc(C#Cc2cn(C)c(C(F)(F)F)n2)c2cc(NC(=O)C3CC3)nnc12. The van der Waals surface area contributed by atoms with E-state index in [1.807, 2.05) is 0 Å². The zero-order valence-corrected chi connectivity index (χ0v) is 16.0. The van der Waals surface area contributed by atoms with E-state index in [9.17, 15) is 18.0 Å². The first-order valence-corrected chi connectivity index (χ1v) is 9.04. The van der Waals surface area contributed by atoms with Gasteiger partial charge in [0.25, 0.3) is 0 Å². The van der Waals surface area contributed by atoms with Gasteiger partial charge in [0.1, 0.15) is 11.2 Å². The molecule has 1 aliphatic carbocycles. The summed E-state index contributed by atoms with van der Waals surface area (Å²) in [5.41, 5.74) is 0.811. The van der Waals surface area contributed by atoms with E-state index < -0.39 is 12.0 Å². The average Bonchev–Trinajstić information content (AvgIpc) is 3.47. The van der Waals surface area contributed by atoms with Crippen LogP contribution in [0.3, 0.4) is 0 Å². The number of aromatic nitrogens is 5. The molecule has 0 aromatic carbocycles. The van der Waals surface area contributed by atoms with Crippen LogP contribution in [0.5, 0.6) is 0 Å². The molecule has 154 valence electrons. The number of imidazole rings is 1. The van der Waals surface area contributed by atoms with E-state index in [2.05, 4.69) is 42.6 Å². The van der Waals surface area contributed by atoms with Crippen molar-refractivity contribution in [2.45, 2.75) is 19.0 Å². The van der Waals surface area contributed by atoms with Crippen molar-refractivity contribution in [2.75, 3.05) is 17.7 Å². The van der Waals surface area contributed by atoms with Gasteiger partial charge in [0.2, 0.25) is 11.7 Å². The molecule has 30 heavy (non-hydrogen) atoms. The molecule has 3 aromatic rings. The third kappa shape index (κ3) is 3.89. The first-order valence-electron chi connectivity index (χ1n) is 9.04. The Morgan fingerprint density at radius 2 is 2.03 bits per heavy atom. The van der Waals surface area contributed by atoms with Crippen molar-refractivity contribution in [1.82, 2.24) is 24.7 Å². The number of rotatable bonds is 3. The van der Waals surface area contributed by atoms with E-state index in [1.54, 1.807) is 13.1 Å². The quantitative estimate of drug-likeness (QED) is 0.638. The fourth-order valence-corrected chi connectivity index (χ4v) is 2.87. The fourth-order valence-electron chi connectivity index (χ4n) is 2.87. The topological polar surface area (TPSA) is 97.6 Å².